The van der Waals surface area contributed by atoms with Gasteiger partial charge < -0.3 is 4.74 Å². The summed E-state index contributed by atoms with van der Waals surface area (Å²) in [4.78, 5) is 21.7. The summed E-state index contributed by atoms with van der Waals surface area (Å²) in [5, 5.41) is 0. The highest BCUT2D eigenvalue weighted by Gasteiger charge is 2.31. The molecule has 1 aromatic rings. The molecule has 0 fully saturated rings. The van der Waals surface area contributed by atoms with Gasteiger partial charge in [0.05, 0.1) is 12.0 Å². The molecule has 0 aliphatic heterocycles. The van der Waals surface area contributed by atoms with E-state index in [1.54, 1.807) is 0 Å². The first-order valence-corrected chi connectivity index (χ1v) is 8.85. The van der Waals surface area contributed by atoms with Gasteiger partial charge in [-0.3, -0.25) is 4.79 Å². The predicted octanol–water partition coefficient (Wildman–Crippen LogP) is 9.30. The first-order valence-electron chi connectivity index (χ1n) is 8.85. The zero-order valence-corrected chi connectivity index (χ0v) is 16.1. The van der Waals surface area contributed by atoms with Crippen LogP contribution >= 0.6 is 0 Å². The van der Waals surface area contributed by atoms with E-state index in [4.69, 9.17) is 14.5 Å². The van der Waals surface area contributed by atoms with Crippen LogP contribution in [0.5, 0.6) is 0 Å². The third-order valence-corrected chi connectivity index (χ3v) is 3.35. The Kier molecular flexibility index (Phi) is 43.0. The molecule has 4 nitrogen and oxygen atoms in total. The van der Waals surface area contributed by atoms with E-state index in [2.05, 4.69) is 32.9 Å². The fraction of sp³-hybridized carbons (Fsp3) is 0.731. The lowest BCUT2D eigenvalue weighted by Crippen LogP contribution is -2.29. The van der Waals surface area contributed by atoms with Crippen molar-refractivity contribution in [3.05, 3.63) is 35.9 Å². The van der Waals surface area contributed by atoms with Crippen molar-refractivity contribution < 1.29 is 19.3 Å². The average molecular weight is 435 g/mol. The van der Waals surface area contributed by atoms with Crippen molar-refractivity contribution in [2.45, 2.75) is 111 Å². The molecule has 1 aromatic carbocycles. The van der Waals surface area contributed by atoms with Gasteiger partial charge in [-0.2, -0.15) is 4.89 Å². The molecular weight excluding hydrogens is 376 g/mol. The van der Waals surface area contributed by atoms with Crippen molar-refractivity contribution >= 4 is 5.97 Å². The van der Waals surface area contributed by atoms with E-state index in [9.17, 15) is 4.79 Å². The van der Waals surface area contributed by atoms with Gasteiger partial charge in [-0.1, -0.05) is 109 Å². The molecule has 4 heteroatoms. The van der Waals surface area contributed by atoms with Crippen molar-refractivity contribution in [1.29, 1.82) is 0 Å². The van der Waals surface area contributed by atoms with Gasteiger partial charge in [-0.25, -0.2) is 4.89 Å². The van der Waals surface area contributed by atoms with Crippen LogP contribution in [-0.2, 0) is 19.3 Å². The van der Waals surface area contributed by atoms with Gasteiger partial charge >= 0.3 is 5.97 Å². The number of rotatable bonds is 9. The molecule has 1 rings (SSSR count). The first kappa shape index (κ1) is 46.7. The molecule has 30 heavy (non-hydrogen) atoms. The Morgan fingerprint density at radius 2 is 1.37 bits per heavy atom. The van der Waals surface area contributed by atoms with Crippen molar-refractivity contribution in [2.75, 3.05) is 13.4 Å². The van der Waals surface area contributed by atoms with Gasteiger partial charge in [0.2, 0.25) is 6.79 Å². The maximum atomic E-state index is 12.1. The summed E-state index contributed by atoms with van der Waals surface area (Å²) in [6.45, 7) is 12.5. The van der Waals surface area contributed by atoms with Crippen LogP contribution in [0.25, 0.3) is 0 Å². The van der Waals surface area contributed by atoms with Crippen molar-refractivity contribution in [3.8, 4) is 0 Å². The molecule has 0 radical (unpaired) electrons. The van der Waals surface area contributed by atoms with Crippen molar-refractivity contribution in [3.63, 3.8) is 0 Å². The van der Waals surface area contributed by atoms with E-state index < -0.39 is 5.41 Å². The molecular formula is C26H58O4. The maximum absolute atomic E-state index is 12.1. The smallest absolute Gasteiger partial charge is 0.313 e. The van der Waals surface area contributed by atoms with Gasteiger partial charge in [0.15, 0.2) is 0 Å². The van der Waals surface area contributed by atoms with Crippen molar-refractivity contribution in [2.24, 2.45) is 5.41 Å². The van der Waals surface area contributed by atoms with E-state index in [0.717, 1.165) is 6.42 Å². The quantitative estimate of drug-likeness (QED) is 0.128. The van der Waals surface area contributed by atoms with Crippen LogP contribution < -0.4 is 0 Å². The normalized spacial score (nSPS) is 9.67. The molecule has 0 aliphatic rings. The Hall–Kier alpha value is -1.39. The summed E-state index contributed by atoms with van der Waals surface area (Å²) < 4.78 is 5.10. The van der Waals surface area contributed by atoms with Gasteiger partial charge in [0.25, 0.3) is 0 Å². The molecule has 0 aromatic heterocycles. The summed E-state index contributed by atoms with van der Waals surface area (Å²) in [5.74, 6) is 0.0105. The zero-order valence-electron chi connectivity index (χ0n) is 16.1. The summed E-state index contributed by atoms with van der Waals surface area (Å²) in [5.41, 5.74) is 0.657. The number of carbonyl (C=O) groups excluding carboxylic acids is 1. The Bertz CT molecular complexity index is 430. The average Bonchev–Trinajstić information content (AvgIpc) is 2.55. The minimum Gasteiger partial charge on any atom is -0.435 e. The maximum Gasteiger partial charge on any atom is 0.313 e. The predicted molar refractivity (Wildman–Crippen MR) is 138 cm³/mol. The van der Waals surface area contributed by atoms with Crippen LogP contribution in [0.4, 0.5) is 0 Å². The summed E-state index contributed by atoms with van der Waals surface area (Å²) in [6, 6.07) is 10.2. The van der Waals surface area contributed by atoms with E-state index in [1.165, 1.54) is 12.0 Å². The second-order valence-electron chi connectivity index (χ2n) is 6.60. The molecule has 0 saturated heterocycles. The standard InChI is InChI=1S/C17H26O4.C3H8.6CH4/c1-5-11-20-21-13-19-16(18)17(3,4)12-14(2)15-9-7-6-8-10-15;1-3-2;;;;;;/h6-10,14H,5,11-13H2,1-4H3;3H2,1-2H3;6*1H4. The number of ether oxygens (including phenoxy) is 1. The number of benzene rings is 1. The zero-order chi connectivity index (χ0) is 18.4. The molecule has 0 heterocycles. The van der Waals surface area contributed by atoms with Crippen LogP contribution in [0.2, 0.25) is 0 Å². The Morgan fingerprint density at radius 3 is 1.80 bits per heavy atom. The Labute approximate surface area is 191 Å². The van der Waals surface area contributed by atoms with Crippen LogP contribution in [0.15, 0.2) is 30.3 Å². The lowest BCUT2D eigenvalue weighted by Gasteiger charge is -2.26. The molecule has 0 bridgehead atoms. The van der Waals surface area contributed by atoms with E-state index in [0.29, 0.717) is 13.0 Å². The van der Waals surface area contributed by atoms with Crippen LogP contribution in [0.3, 0.4) is 0 Å². The second kappa shape index (κ2) is 27.6. The highest BCUT2D eigenvalue weighted by Crippen LogP contribution is 2.32. The SMILES string of the molecule is C.C.C.C.C.C.CCC.CCCOOCOC(=O)C(C)(C)CC(C)c1ccccc1. The van der Waals surface area contributed by atoms with Gasteiger partial charge in [0.1, 0.15) is 0 Å². The fourth-order valence-corrected chi connectivity index (χ4v) is 2.20. The summed E-state index contributed by atoms with van der Waals surface area (Å²) in [7, 11) is 0. The van der Waals surface area contributed by atoms with Gasteiger partial charge in [0, 0.05) is 0 Å². The van der Waals surface area contributed by atoms with E-state index >= 15 is 0 Å². The van der Waals surface area contributed by atoms with Crippen molar-refractivity contribution in [1.82, 2.24) is 0 Å². The topological polar surface area (TPSA) is 44.8 Å². The Morgan fingerprint density at radius 1 is 0.900 bits per heavy atom. The first-order chi connectivity index (χ1) is 11.4. The van der Waals surface area contributed by atoms with Crippen LogP contribution in [0.1, 0.15) is 117 Å². The highest BCUT2D eigenvalue weighted by molar-refractivity contribution is 5.75. The Balaban J connectivity index is -0.000000111. The lowest BCUT2D eigenvalue weighted by atomic mass is 9.81. The lowest BCUT2D eigenvalue weighted by molar-refractivity contribution is -0.331. The molecule has 0 spiro atoms. The van der Waals surface area contributed by atoms with Gasteiger partial charge in [-0.15, -0.1) is 0 Å². The number of esters is 1. The van der Waals surface area contributed by atoms with Crippen LogP contribution in [0, 0.1) is 5.41 Å². The highest BCUT2D eigenvalue weighted by atomic mass is 17.2. The molecule has 1 unspecified atom stereocenters. The number of hydrogen-bond donors (Lipinski definition) is 0. The number of hydrogen-bond acceptors (Lipinski definition) is 4. The number of carbonyl (C=O) groups is 1. The monoisotopic (exact) mass is 434 g/mol. The minimum atomic E-state index is -0.566. The summed E-state index contributed by atoms with van der Waals surface area (Å²) >= 11 is 0. The molecule has 0 N–H and O–H groups in total. The van der Waals surface area contributed by atoms with Crippen LogP contribution in [-0.4, -0.2) is 19.4 Å². The molecule has 0 aliphatic carbocycles. The van der Waals surface area contributed by atoms with E-state index in [-0.39, 0.29) is 63.2 Å². The molecule has 0 saturated carbocycles. The van der Waals surface area contributed by atoms with E-state index in [1.807, 2.05) is 39.0 Å². The fourth-order valence-electron chi connectivity index (χ4n) is 2.20. The second-order valence-corrected chi connectivity index (χ2v) is 6.60. The molecule has 1 atom stereocenters. The third kappa shape index (κ3) is 21.3. The minimum absolute atomic E-state index is 0. The summed E-state index contributed by atoms with van der Waals surface area (Å²) in [6.07, 6.45) is 2.82. The molecule has 186 valence electrons. The third-order valence-electron chi connectivity index (χ3n) is 3.35. The largest absolute Gasteiger partial charge is 0.435 e. The molecule has 0 amide bonds. The van der Waals surface area contributed by atoms with Gasteiger partial charge in [-0.05, 0) is 38.2 Å².